The maximum Gasteiger partial charge on any atom is 0.433 e. The molecule has 0 fully saturated rings. The van der Waals surface area contributed by atoms with Gasteiger partial charge in [0, 0.05) is 17.8 Å². The van der Waals surface area contributed by atoms with E-state index < -0.39 is 24.0 Å². The third-order valence-electron chi connectivity index (χ3n) is 2.56. The molecule has 2 rings (SSSR count). The molecular formula is C12H10F3N3O2. The van der Waals surface area contributed by atoms with Crippen LogP contribution in [0.4, 0.5) is 13.2 Å². The number of nitrogens with zero attached hydrogens (tertiary/aromatic N) is 3. The lowest BCUT2D eigenvalue weighted by Crippen LogP contribution is -2.25. The van der Waals surface area contributed by atoms with Gasteiger partial charge in [-0.1, -0.05) is 6.07 Å². The number of alkyl halides is 3. The molecule has 20 heavy (non-hydrogen) atoms. The van der Waals surface area contributed by atoms with Crippen LogP contribution in [0.3, 0.4) is 0 Å². The molecule has 2 aromatic heterocycles. The molecule has 1 N–H and O–H groups in total. The highest BCUT2D eigenvalue weighted by Gasteiger charge is 2.35. The van der Waals surface area contributed by atoms with Crippen LogP contribution < -0.4 is 5.56 Å². The van der Waals surface area contributed by atoms with E-state index in [1.54, 1.807) is 0 Å². The Morgan fingerprint density at radius 2 is 2.00 bits per heavy atom. The van der Waals surface area contributed by atoms with Gasteiger partial charge in [0.05, 0.1) is 18.8 Å². The number of aliphatic hydroxyl groups excluding tert-OH is 1. The summed E-state index contributed by atoms with van der Waals surface area (Å²) in [6, 6.07) is 5.04. The lowest BCUT2D eigenvalue weighted by Gasteiger charge is -2.12. The van der Waals surface area contributed by atoms with Crippen LogP contribution in [-0.4, -0.2) is 19.9 Å². The number of rotatable bonds is 3. The number of hydrogen-bond donors (Lipinski definition) is 1. The Morgan fingerprint density at radius 3 is 2.65 bits per heavy atom. The average Bonchev–Trinajstić information content (AvgIpc) is 2.41. The van der Waals surface area contributed by atoms with Crippen LogP contribution in [-0.2, 0) is 19.3 Å². The molecule has 2 aromatic rings. The second-order valence-corrected chi connectivity index (χ2v) is 3.99. The van der Waals surface area contributed by atoms with E-state index in [1.165, 1.54) is 18.2 Å². The second kappa shape index (κ2) is 5.41. The Hall–Kier alpha value is -2.22. The first-order chi connectivity index (χ1) is 9.41. The zero-order chi connectivity index (χ0) is 14.8. The number of hydrogen-bond acceptors (Lipinski definition) is 4. The maximum atomic E-state index is 12.8. The Balaban J connectivity index is 2.43. The van der Waals surface area contributed by atoms with Gasteiger partial charge in [0.1, 0.15) is 5.69 Å². The van der Waals surface area contributed by atoms with Gasteiger partial charge in [-0.2, -0.15) is 18.3 Å². The zero-order valence-corrected chi connectivity index (χ0v) is 10.1. The molecule has 0 atom stereocenters. The second-order valence-electron chi connectivity index (χ2n) is 3.99. The van der Waals surface area contributed by atoms with E-state index in [2.05, 4.69) is 10.1 Å². The minimum Gasteiger partial charge on any atom is -0.390 e. The Labute approximate surface area is 111 Å². The summed E-state index contributed by atoms with van der Waals surface area (Å²) in [6.45, 7) is -0.769. The normalized spacial score (nSPS) is 11.6. The highest BCUT2D eigenvalue weighted by molar-refractivity contribution is 5.22. The van der Waals surface area contributed by atoms with Gasteiger partial charge < -0.3 is 5.11 Å². The monoisotopic (exact) mass is 285 g/mol. The molecule has 5 nitrogen and oxygen atoms in total. The highest BCUT2D eigenvalue weighted by Crippen LogP contribution is 2.30. The Kier molecular flexibility index (Phi) is 3.84. The van der Waals surface area contributed by atoms with Gasteiger partial charge in [-0.05, 0) is 12.1 Å². The fourth-order valence-electron chi connectivity index (χ4n) is 1.67. The van der Waals surface area contributed by atoms with Gasteiger partial charge in [-0.15, -0.1) is 0 Å². The summed E-state index contributed by atoms with van der Waals surface area (Å²) in [5, 5.41) is 12.7. The summed E-state index contributed by atoms with van der Waals surface area (Å²) in [6.07, 6.45) is -3.57. The van der Waals surface area contributed by atoms with Gasteiger partial charge in [0.2, 0.25) is 0 Å². The number of halogens is 3. The molecule has 0 aliphatic carbocycles. The van der Waals surface area contributed by atoms with Crippen LogP contribution in [0.5, 0.6) is 0 Å². The van der Waals surface area contributed by atoms with Crippen molar-refractivity contribution in [1.29, 1.82) is 0 Å². The van der Waals surface area contributed by atoms with Crippen molar-refractivity contribution in [2.24, 2.45) is 0 Å². The van der Waals surface area contributed by atoms with Crippen molar-refractivity contribution in [1.82, 2.24) is 14.8 Å². The molecule has 8 heteroatoms. The smallest absolute Gasteiger partial charge is 0.390 e. The van der Waals surface area contributed by atoms with Crippen molar-refractivity contribution in [3.8, 4) is 0 Å². The molecule has 0 unspecified atom stereocenters. The number of aromatic nitrogens is 3. The number of pyridine rings is 1. The highest BCUT2D eigenvalue weighted by atomic mass is 19.4. The molecule has 0 saturated carbocycles. The van der Waals surface area contributed by atoms with E-state index in [1.807, 2.05) is 0 Å². The molecule has 0 aromatic carbocycles. The molecule has 0 saturated heterocycles. The van der Waals surface area contributed by atoms with E-state index in [4.69, 9.17) is 5.11 Å². The first-order valence-electron chi connectivity index (χ1n) is 5.61. The first kappa shape index (κ1) is 14.2. The SMILES string of the molecule is O=c1ccc(CO)nn1Cc1cccnc1C(F)(F)F. The van der Waals surface area contributed by atoms with Crippen LogP contribution in [0.2, 0.25) is 0 Å². The van der Waals surface area contributed by atoms with Crippen molar-refractivity contribution in [3.05, 3.63) is 57.8 Å². The average molecular weight is 285 g/mol. The zero-order valence-electron chi connectivity index (χ0n) is 10.1. The van der Waals surface area contributed by atoms with Crippen LogP contribution in [0, 0.1) is 0 Å². The molecule has 0 aliphatic heterocycles. The summed E-state index contributed by atoms with van der Waals surface area (Å²) in [7, 11) is 0. The molecule has 0 bridgehead atoms. The third-order valence-corrected chi connectivity index (χ3v) is 2.56. The van der Waals surface area contributed by atoms with Crippen molar-refractivity contribution in [2.45, 2.75) is 19.3 Å². The maximum absolute atomic E-state index is 12.8. The lowest BCUT2D eigenvalue weighted by atomic mass is 10.2. The summed E-state index contributed by atoms with van der Waals surface area (Å²) in [5.74, 6) is 0. The van der Waals surface area contributed by atoms with E-state index in [-0.39, 0.29) is 17.8 Å². The standard InChI is InChI=1S/C12H10F3N3O2/c13-12(14,15)11-8(2-1-5-16-11)6-18-10(20)4-3-9(7-19)17-18/h1-5,19H,6-7H2. The summed E-state index contributed by atoms with van der Waals surface area (Å²) in [5.41, 5.74) is -1.57. The van der Waals surface area contributed by atoms with E-state index in [0.717, 1.165) is 16.9 Å². The lowest BCUT2D eigenvalue weighted by molar-refractivity contribution is -0.141. The van der Waals surface area contributed by atoms with E-state index >= 15 is 0 Å². The molecule has 0 spiro atoms. The van der Waals surface area contributed by atoms with Crippen molar-refractivity contribution < 1.29 is 18.3 Å². The quantitative estimate of drug-likeness (QED) is 0.920. The van der Waals surface area contributed by atoms with Gasteiger partial charge in [0.15, 0.2) is 0 Å². The van der Waals surface area contributed by atoms with Crippen molar-refractivity contribution in [2.75, 3.05) is 0 Å². The summed E-state index contributed by atoms with van der Waals surface area (Å²) >= 11 is 0. The first-order valence-corrected chi connectivity index (χ1v) is 5.61. The van der Waals surface area contributed by atoms with Crippen LogP contribution in [0.1, 0.15) is 17.0 Å². The molecule has 0 amide bonds. The molecule has 0 radical (unpaired) electrons. The van der Waals surface area contributed by atoms with Crippen LogP contribution in [0.15, 0.2) is 35.3 Å². The predicted octanol–water partition coefficient (Wildman–Crippen LogP) is 1.20. The molecular weight excluding hydrogens is 275 g/mol. The van der Waals surface area contributed by atoms with Crippen molar-refractivity contribution >= 4 is 0 Å². The van der Waals surface area contributed by atoms with Crippen LogP contribution >= 0.6 is 0 Å². The third kappa shape index (κ3) is 3.02. The molecule has 2 heterocycles. The topological polar surface area (TPSA) is 68.0 Å². The minimum atomic E-state index is -4.60. The number of aliphatic hydroxyl groups is 1. The predicted molar refractivity (Wildman–Crippen MR) is 62.8 cm³/mol. The largest absolute Gasteiger partial charge is 0.433 e. The Morgan fingerprint density at radius 1 is 1.25 bits per heavy atom. The summed E-state index contributed by atoms with van der Waals surface area (Å²) < 4.78 is 39.2. The van der Waals surface area contributed by atoms with Gasteiger partial charge >= 0.3 is 6.18 Å². The van der Waals surface area contributed by atoms with Crippen LogP contribution in [0.25, 0.3) is 0 Å². The fraction of sp³-hybridized carbons (Fsp3) is 0.250. The molecule has 106 valence electrons. The van der Waals surface area contributed by atoms with Gasteiger partial charge in [-0.3, -0.25) is 9.78 Å². The van der Waals surface area contributed by atoms with Crippen molar-refractivity contribution in [3.63, 3.8) is 0 Å². The van der Waals surface area contributed by atoms with E-state index in [9.17, 15) is 18.0 Å². The Bertz CT molecular complexity index is 667. The van der Waals surface area contributed by atoms with Gasteiger partial charge in [-0.25, -0.2) is 4.68 Å². The fourth-order valence-corrected chi connectivity index (χ4v) is 1.67. The minimum absolute atomic E-state index is 0.162. The van der Waals surface area contributed by atoms with E-state index in [0.29, 0.717) is 0 Å². The summed E-state index contributed by atoms with van der Waals surface area (Å²) in [4.78, 5) is 14.9. The van der Waals surface area contributed by atoms with Gasteiger partial charge in [0.25, 0.3) is 5.56 Å². The molecule has 0 aliphatic rings.